The fourth-order valence-electron chi connectivity index (χ4n) is 2.65. The molecule has 0 fully saturated rings. The van der Waals surface area contributed by atoms with Gasteiger partial charge in [0.2, 0.25) is 0 Å². The first-order chi connectivity index (χ1) is 14.1. The molecule has 0 saturated heterocycles. The van der Waals surface area contributed by atoms with Crippen LogP contribution in [0.5, 0.6) is 0 Å². The molecule has 0 unspecified atom stereocenters. The second kappa shape index (κ2) is 31.6. The van der Waals surface area contributed by atoms with Gasteiger partial charge in [0.05, 0.1) is 0 Å². The van der Waals surface area contributed by atoms with E-state index in [0.717, 1.165) is 12.8 Å². The van der Waals surface area contributed by atoms with E-state index in [9.17, 15) is 9.59 Å². The van der Waals surface area contributed by atoms with Crippen molar-refractivity contribution in [2.75, 3.05) is 0 Å². The Bertz CT molecular complexity index is 380. The van der Waals surface area contributed by atoms with Crippen molar-refractivity contribution < 1.29 is 41.5 Å². The molecular formula is C26H51O4Ti-. The van der Waals surface area contributed by atoms with Crippen molar-refractivity contribution in [3.05, 3.63) is 19.1 Å². The van der Waals surface area contributed by atoms with Gasteiger partial charge in [-0.05, 0) is 20.3 Å². The van der Waals surface area contributed by atoms with E-state index in [1.54, 1.807) is 20.8 Å². The third-order valence-corrected chi connectivity index (χ3v) is 4.47. The number of rotatable bonds is 17. The maximum Gasteiger partial charge on any atom is 0.303 e. The summed E-state index contributed by atoms with van der Waals surface area (Å²) in [5.74, 6) is -0.838. The van der Waals surface area contributed by atoms with Gasteiger partial charge in [0, 0.05) is 40.0 Å². The Morgan fingerprint density at radius 1 is 0.774 bits per heavy atom. The molecule has 0 aliphatic carbocycles. The molecule has 0 amide bonds. The number of hydrogen-bond acceptors (Lipinski definition) is 3. The number of Topliss-reactive ketones (excluding diaryl/α,β-unsaturated/α-hetero) is 1. The number of carbonyl (C=O) groups is 2. The van der Waals surface area contributed by atoms with Crippen LogP contribution in [0.2, 0.25) is 0 Å². The number of carboxylic acids is 1. The van der Waals surface area contributed by atoms with Gasteiger partial charge < -0.3 is 15.0 Å². The summed E-state index contributed by atoms with van der Waals surface area (Å²) in [6.07, 6.45) is 20.0. The van der Waals surface area contributed by atoms with Gasteiger partial charge in [0.15, 0.2) is 0 Å². The van der Waals surface area contributed by atoms with Crippen LogP contribution in [0.4, 0.5) is 0 Å². The molecule has 2 N–H and O–H groups in total. The molecule has 0 rings (SSSR count). The third-order valence-electron chi connectivity index (χ3n) is 4.47. The number of aliphatic hydroxyl groups is 1. The Labute approximate surface area is 208 Å². The molecule has 0 heterocycles. The summed E-state index contributed by atoms with van der Waals surface area (Å²) in [5, 5.41) is 16.6. The van der Waals surface area contributed by atoms with Crippen LogP contribution in [0.3, 0.4) is 0 Å². The van der Waals surface area contributed by atoms with Crippen LogP contribution in [-0.2, 0) is 31.3 Å². The van der Waals surface area contributed by atoms with E-state index in [1.807, 2.05) is 0 Å². The minimum atomic E-state index is -0.653. The minimum absolute atomic E-state index is 0. The zero-order valence-electron chi connectivity index (χ0n) is 21.0. The second-order valence-corrected chi connectivity index (χ2v) is 8.39. The molecule has 0 aliphatic rings. The van der Waals surface area contributed by atoms with Crippen molar-refractivity contribution in [2.24, 2.45) is 0 Å². The number of aliphatic hydroxyl groups excluding tert-OH is 1. The maximum absolute atomic E-state index is 10.3. The van der Waals surface area contributed by atoms with E-state index in [-0.39, 0.29) is 33.6 Å². The van der Waals surface area contributed by atoms with Gasteiger partial charge in [-0.1, -0.05) is 96.8 Å². The van der Waals surface area contributed by atoms with Gasteiger partial charge in [0.25, 0.3) is 0 Å². The first-order valence-corrected chi connectivity index (χ1v) is 12.1. The number of carboxylic acid groups (broad SMARTS) is 1. The molecule has 0 saturated carbocycles. The Kier molecular flexibility index (Phi) is 38.5. The van der Waals surface area contributed by atoms with Crippen LogP contribution >= 0.6 is 0 Å². The van der Waals surface area contributed by atoms with Crippen LogP contribution in [0, 0.1) is 6.92 Å². The molecule has 0 aromatic rings. The zero-order chi connectivity index (χ0) is 23.6. The average molecular weight is 476 g/mol. The summed E-state index contributed by atoms with van der Waals surface area (Å²) in [6, 6.07) is 0. The number of hydrogen-bond donors (Lipinski definition) is 2. The molecule has 0 atom stereocenters. The molecule has 5 heteroatoms. The molecule has 184 valence electrons. The van der Waals surface area contributed by atoms with Crippen molar-refractivity contribution >= 4 is 11.8 Å². The van der Waals surface area contributed by atoms with E-state index < -0.39 is 5.97 Å². The Balaban J connectivity index is -0.000000275. The summed E-state index contributed by atoms with van der Waals surface area (Å²) in [4.78, 5) is 20.3. The van der Waals surface area contributed by atoms with Crippen LogP contribution in [0.15, 0.2) is 12.2 Å². The SMILES string of the molecule is C=C(C)C([CH2-])=O.CC(C)O.CCCCCCCCCCCCCCCCCC(=O)O.[Ti]. The fraction of sp³-hybridized carbons (Fsp3) is 0.808. The zero-order valence-corrected chi connectivity index (χ0v) is 22.6. The molecule has 4 nitrogen and oxygen atoms in total. The van der Waals surface area contributed by atoms with Crippen molar-refractivity contribution in [3.63, 3.8) is 0 Å². The molecule has 31 heavy (non-hydrogen) atoms. The predicted molar refractivity (Wildman–Crippen MR) is 130 cm³/mol. The molecular weight excluding hydrogens is 424 g/mol. The van der Waals surface area contributed by atoms with Gasteiger partial charge >= 0.3 is 5.97 Å². The summed E-state index contributed by atoms with van der Waals surface area (Å²) in [6.45, 7) is 13.8. The number of allylic oxidation sites excluding steroid dienone is 1. The number of unbranched alkanes of at least 4 members (excludes halogenated alkanes) is 14. The van der Waals surface area contributed by atoms with Crippen molar-refractivity contribution in [1.29, 1.82) is 0 Å². The summed E-state index contributed by atoms with van der Waals surface area (Å²) < 4.78 is 0. The summed E-state index contributed by atoms with van der Waals surface area (Å²) in [5.41, 5.74) is 0.509. The fourth-order valence-corrected chi connectivity index (χ4v) is 2.65. The van der Waals surface area contributed by atoms with E-state index in [4.69, 9.17) is 10.2 Å². The van der Waals surface area contributed by atoms with E-state index in [0.29, 0.717) is 12.0 Å². The molecule has 0 bridgehead atoms. The molecule has 0 aliphatic heterocycles. The summed E-state index contributed by atoms with van der Waals surface area (Å²) in [7, 11) is 0. The van der Waals surface area contributed by atoms with Gasteiger partial charge in [0.1, 0.15) is 0 Å². The van der Waals surface area contributed by atoms with E-state index in [2.05, 4.69) is 20.4 Å². The topological polar surface area (TPSA) is 74.6 Å². The summed E-state index contributed by atoms with van der Waals surface area (Å²) >= 11 is 0. The van der Waals surface area contributed by atoms with Gasteiger partial charge in [-0.3, -0.25) is 4.79 Å². The minimum Gasteiger partial charge on any atom is -0.481 e. The molecule has 0 aromatic heterocycles. The quantitative estimate of drug-likeness (QED) is 0.0979. The van der Waals surface area contributed by atoms with Crippen molar-refractivity contribution in [1.82, 2.24) is 0 Å². The maximum atomic E-state index is 10.3. The van der Waals surface area contributed by atoms with Crippen molar-refractivity contribution in [2.45, 2.75) is 137 Å². The largest absolute Gasteiger partial charge is 0.481 e. The predicted octanol–water partition coefficient (Wildman–Crippen LogP) is 7.68. The monoisotopic (exact) mass is 475 g/mol. The van der Waals surface area contributed by atoms with Gasteiger partial charge in [-0.2, -0.15) is 19.1 Å². The number of aliphatic carboxylic acids is 1. The third kappa shape index (κ3) is 53.0. The van der Waals surface area contributed by atoms with E-state index in [1.165, 1.54) is 83.5 Å². The molecule has 0 aromatic carbocycles. The smallest absolute Gasteiger partial charge is 0.303 e. The number of ketones is 1. The standard InChI is InChI=1S/C18H36O2.C5H7O.C3H8O.Ti/c1-2-3-4-5-6-7-8-9-10-11-12-13-14-15-16-17-18(19)20;1-4(2)5(3)6;1-3(2)4;/h2-17H2,1H3,(H,19,20);1,3H2,2H3;3-4H,1-2H3;/q;-1;;. The first-order valence-electron chi connectivity index (χ1n) is 12.1. The van der Waals surface area contributed by atoms with Crippen LogP contribution in [0.25, 0.3) is 0 Å². The Morgan fingerprint density at radius 2 is 1.00 bits per heavy atom. The van der Waals surface area contributed by atoms with Crippen LogP contribution in [-0.4, -0.2) is 28.1 Å². The van der Waals surface area contributed by atoms with Gasteiger partial charge in [-0.15, -0.1) is 6.92 Å². The van der Waals surface area contributed by atoms with E-state index >= 15 is 0 Å². The Morgan fingerprint density at radius 3 is 1.19 bits per heavy atom. The van der Waals surface area contributed by atoms with Crippen molar-refractivity contribution in [3.8, 4) is 0 Å². The first kappa shape index (κ1) is 37.7. The second-order valence-electron chi connectivity index (χ2n) is 8.39. The van der Waals surface area contributed by atoms with Gasteiger partial charge in [-0.25, -0.2) is 0 Å². The van der Waals surface area contributed by atoms with Crippen LogP contribution in [0.1, 0.15) is 130 Å². The number of carbonyl (C=O) groups excluding carboxylic acids is 1. The molecule has 0 spiro atoms. The average Bonchev–Trinajstić information content (AvgIpc) is 2.64. The molecule has 0 radical (unpaired) electrons. The Hall–Kier alpha value is -0.576. The normalized spacial score (nSPS) is 9.61. The van der Waals surface area contributed by atoms with Crippen LogP contribution < -0.4 is 0 Å².